The SMILES string of the molecule is CCCCCCCCCCCCSC(=O)C[C@H](CC(=O)c1ccccc1)c1ccccc1. The minimum atomic E-state index is -0.0587. The lowest BCUT2D eigenvalue weighted by molar-refractivity contribution is -0.111. The van der Waals surface area contributed by atoms with E-state index in [1.54, 1.807) is 0 Å². The van der Waals surface area contributed by atoms with E-state index in [2.05, 4.69) is 6.92 Å². The van der Waals surface area contributed by atoms with Crippen LogP contribution in [0.3, 0.4) is 0 Å². The van der Waals surface area contributed by atoms with E-state index in [9.17, 15) is 9.59 Å². The van der Waals surface area contributed by atoms with Crippen LogP contribution < -0.4 is 0 Å². The van der Waals surface area contributed by atoms with Crippen LogP contribution in [-0.4, -0.2) is 16.7 Å². The summed E-state index contributed by atoms with van der Waals surface area (Å²) < 4.78 is 0. The molecule has 3 heteroatoms. The van der Waals surface area contributed by atoms with Crippen LogP contribution in [0.25, 0.3) is 0 Å². The molecule has 0 heterocycles. The molecule has 2 nitrogen and oxygen atoms in total. The molecule has 1 atom stereocenters. The molecule has 0 aromatic heterocycles. The maximum atomic E-state index is 12.8. The second-order valence-electron chi connectivity index (χ2n) is 8.71. The van der Waals surface area contributed by atoms with E-state index < -0.39 is 0 Å². The van der Waals surface area contributed by atoms with E-state index in [0.717, 1.165) is 23.3 Å². The van der Waals surface area contributed by atoms with Crippen LogP contribution in [0.1, 0.15) is 106 Å². The summed E-state index contributed by atoms with van der Waals surface area (Å²) in [5, 5.41) is 0.204. The number of carbonyl (C=O) groups is 2. The molecule has 0 bridgehead atoms. The lowest BCUT2D eigenvalue weighted by Crippen LogP contribution is -2.11. The van der Waals surface area contributed by atoms with E-state index in [4.69, 9.17) is 0 Å². The van der Waals surface area contributed by atoms with Crippen molar-refractivity contribution in [2.24, 2.45) is 0 Å². The monoisotopic (exact) mass is 452 g/mol. The van der Waals surface area contributed by atoms with Gasteiger partial charge in [0, 0.05) is 24.2 Å². The highest BCUT2D eigenvalue weighted by atomic mass is 32.2. The van der Waals surface area contributed by atoms with E-state index >= 15 is 0 Å². The summed E-state index contributed by atoms with van der Waals surface area (Å²) >= 11 is 1.45. The normalized spacial score (nSPS) is 11.9. The van der Waals surface area contributed by atoms with E-state index in [0.29, 0.717) is 12.8 Å². The fourth-order valence-electron chi connectivity index (χ4n) is 4.03. The summed E-state index contributed by atoms with van der Waals surface area (Å²) in [4.78, 5) is 25.4. The molecule has 0 fully saturated rings. The van der Waals surface area contributed by atoms with Crippen molar-refractivity contribution in [3.8, 4) is 0 Å². The largest absolute Gasteiger partial charge is 0.294 e. The lowest BCUT2D eigenvalue weighted by Gasteiger charge is -2.16. The molecule has 0 amide bonds. The van der Waals surface area contributed by atoms with Crippen LogP contribution >= 0.6 is 11.8 Å². The molecule has 174 valence electrons. The summed E-state index contributed by atoms with van der Waals surface area (Å²) in [5.41, 5.74) is 1.79. The Kier molecular flexibility index (Phi) is 13.8. The lowest BCUT2D eigenvalue weighted by atomic mass is 9.89. The summed E-state index contributed by atoms with van der Waals surface area (Å²) in [5.74, 6) is 0.937. The van der Waals surface area contributed by atoms with Crippen molar-refractivity contribution in [3.63, 3.8) is 0 Å². The van der Waals surface area contributed by atoms with Crippen molar-refractivity contribution in [3.05, 3.63) is 71.8 Å². The first-order chi connectivity index (χ1) is 15.7. The number of carbonyl (C=O) groups excluding carboxylic acids is 2. The van der Waals surface area contributed by atoms with Crippen LogP contribution in [0.15, 0.2) is 60.7 Å². The van der Waals surface area contributed by atoms with Crippen molar-refractivity contribution >= 4 is 22.7 Å². The first-order valence-electron chi connectivity index (χ1n) is 12.5. The third-order valence-corrected chi connectivity index (χ3v) is 6.95. The van der Waals surface area contributed by atoms with Gasteiger partial charge in [0.25, 0.3) is 0 Å². The van der Waals surface area contributed by atoms with Gasteiger partial charge in [-0.25, -0.2) is 0 Å². The van der Waals surface area contributed by atoms with Crippen LogP contribution in [0.2, 0.25) is 0 Å². The quantitative estimate of drug-likeness (QED) is 0.178. The molecule has 2 aromatic carbocycles. The smallest absolute Gasteiger partial charge is 0.189 e. The van der Waals surface area contributed by atoms with Crippen molar-refractivity contribution < 1.29 is 9.59 Å². The Balaban J connectivity index is 1.69. The molecule has 0 aliphatic heterocycles. The van der Waals surface area contributed by atoms with Crippen molar-refractivity contribution in [1.82, 2.24) is 0 Å². The van der Waals surface area contributed by atoms with Gasteiger partial charge in [-0.1, -0.05) is 137 Å². The van der Waals surface area contributed by atoms with Gasteiger partial charge in [0.2, 0.25) is 0 Å². The Hall–Kier alpha value is -1.87. The third kappa shape index (κ3) is 11.1. The molecule has 2 rings (SSSR count). The predicted molar refractivity (Wildman–Crippen MR) is 138 cm³/mol. The first kappa shape index (κ1) is 26.4. The molecular formula is C29H40O2S. The minimum absolute atomic E-state index is 0.0587. The fourth-order valence-corrected chi connectivity index (χ4v) is 4.93. The fraction of sp³-hybridized carbons (Fsp3) is 0.517. The molecule has 32 heavy (non-hydrogen) atoms. The van der Waals surface area contributed by atoms with Gasteiger partial charge in [-0.3, -0.25) is 9.59 Å². The topological polar surface area (TPSA) is 34.1 Å². The molecule has 0 saturated heterocycles. The highest BCUT2D eigenvalue weighted by Crippen LogP contribution is 2.28. The highest BCUT2D eigenvalue weighted by molar-refractivity contribution is 8.13. The molecule has 0 saturated carbocycles. The Bertz CT molecular complexity index is 757. The minimum Gasteiger partial charge on any atom is -0.294 e. The van der Waals surface area contributed by atoms with E-state index in [1.165, 1.54) is 69.5 Å². The van der Waals surface area contributed by atoms with Gasteiger partial charge < -0.3 is 0 Å². The maximum Gasteiger partial charge on any atom is 0.189 e. The van der Waals surface area contributed by atoms with Crippen LogP contribution in [-0.2, 0) is 4.79 Å². The zero-order chi connectivity index (χ0) is 22.9. The van der Waals surface area contributed by atoms with Crippen LogP contribution in [0.4, 0.5) is 0 Å². The Morgan fingerprint density at radius 2 is 1.22 bits per heavy atom. The van der Waals surface area contributed by atoms with Crippen molar-refractivity contribution in [2.45, 2.75) is 89.9 Å². The van der Waals surface area contributed by atoms with E-state index in [-0.39, 0.29) is 16.8 Å². The standard InChI is InChI=1S/C29H40O2S/c1-2-3-4-5-6-7-8-9-10-17-22-32-29(31)24-27(25-18-13-11-14-19-25)23-28(30)26-20-15-12-16-21-26/h11-16,18-21,27H,2-10,17,22-24H2,1H3/t27-/m0/s1. The van der Waals surface area contributed by atoms with Gasteiger partial charge in [-0.05, 0) is 17.9 Å². The van der Waals surface area contributed by atoms with Crippen LogP contribution in [0, 0.1) is 0 Å². The number of unbranched alkanes of at least 4 members (excludes halogenated alkanes) is 9. The summed E-state index contributed by atoms with van der Waals surface area (Å²) in [6.07, 6.45) is 13.9. The number of thioether (sulfide) groups is 1. The zero-order valence-electron chi connectivity index (χ0n) is 19.8. The number of hydrogen-bond donors (Lipinski definition) is 0. The summed E-state index contributed by atoms with van der Waals surface area (Å²) in [6.45, 7) is 2.26. The van der Waals surface area contributed by atoms with Gasteiger partial charge in [0.05, 0.1) is 0 Å². The number of hydrogen-bond acceptors (Lipinski definition) is 3. The average Bonchev–Trinajstić information content (AvgIpc) is 2.83. The Labute approximate surface area is 199 Å². The zero-order valence-corrected chi connectivity index (χ0v) is 20.6. The number of rotatable bonds is 17. The molecule has 2 aromatic rings. The van der Waals surface area contributed by atoms with E-state index in [1.807, 2.05) is 60.7 Å². The predicted octanol–water partition coefficient (Wildman–Crippen LogP) is 8.61. The summed E-state index contributed by atoms with van der Waals surface area (Å²) in [7, 11) is 0. The van der Waals surface area contributed by atoms with Gasteiger partial charge in [-0.15, -0.1) is 0 Å². The average molecular weight is 453 g/mol. The Morgan fingerprint density at radius 1 is 0.688 bits per heavy atom. The Morgan fingerprint density at radius 3 is 1.81 bits per heavy atom. The summed E-state index contributed by atoms with van der Waals surface area (Å²) in [6, 6.07) is 19.4. The first-order valence-corrected chi connectivity index (χ1v) is 13.5. The molecule has 0 aliphatic carbocycles. The van der Waals surface area contributed by atoms with Crippen LogP contribution in [0.5, 0.6) is 0 Å². The molecule has 0 unspecified atom stereocenters. The van der Waals surface area contributed by atoms with Gasteiger partial charge in [0.1, 0.15) is 0 Å². The van der Waals surface area contributed by atoms with Gasteiger partial charge in [-0.2, -0.15) is 0 Å². The maximum absolute atomic E-state index is 12.8. The van der Waals surface area contributed by atoms with Gasteiger partial charge >= 0.3 is 0 Å². The van der Waals surface area contributed by atoms with Gasteiger partial charge in [0.15, 0.2) is 10.9 Å². The number of Topliss-reactive ketones (excluding diaryl/α,β-unsaturated/α-hetero) is 1. The molecule has 0 radical (unpaired) electrons. The second kappa shape index (κ2) is 16.7. The molecule has 0 N–H and O–H groups in total. The highest BCUT2D eigenvalue weighted by Gasteiger charge is 2.20. The molecule has 0 aliphatic rings. The molecular weight excluding hydrogens is 412 g/mol. The number of ketones is 1. The third-order valence-electron chi connectivity index (χ3n) is 5.97. The number of benzene rings is 2. The van der Waals surface area contributed by atoms with Crippen molar-refractivity contribution in [2.75, 3.05) is 5.75 Å². The molecule has 0 spiro atoms. The second-order valence-corrected chi connectivity index (χ2v) is 9.86. The van der Waals surface area contributed by atoms with Crippen molar-refractivity contribution in [1.29, 1.82) is 0 Å².